The van der Waals surface area contributed by atoms with Crippen molar-refractivity contribution in [1.82, 2.24) is 20.1 Å². The molecule has 5 heterocycles. The molecule has 1 aromatic heterocycles. The van der Waals surface area contributed by atoms with E-state index in [1.165, 1.54) is 36.4 Å². The summed E-state index contributed by atoms with van der Waals surface area (Å²) in [7, 11) is 0. The molecule has 4 aromatic carbocycles. The average Bonchev–Trinajstić information content (AvgIpc) is 3.92. The van der Waals surface area contributed by atoms with E-state index in [-0.39, 0.29) is 24.1 Å². The maximum Gasteiger partial charge on any atom is 0.240 e. The Morgan fingerprint density at radius 1 is 0.803 bits per heavy atom. The molecule has 1 saturated carbocycles. The van der Waals surface area contributed by atoms with Crippen molar-refractivity contribution in [2.45, 2.75) is 62.9 Å². The van der Waals surface area contributed by atoms with E-state index < -0.39 is 34.8 Å². The summed E-state index contributed by atoms with van der Waals surface area (Å²) in [4.78, 5) is 61.7. The number of ether oxygens (including phenoxy) is 1. The quantitative estimate of drug-likeness (QED) is 0.0657. The SMILES string of the molecule is O=C1CCC(c2ccc(NCCN3C[C@@H]4C[C@H]3CN4CC3CCN(c4cc5nccc(Oc6ccc(NC(=O)C7(C(=O)Nc8ccc(F)cc8)CC7)cc6)c5cc4F)CC3)c(F)c2)C(=O)N1. The lowest BCUT2D eigenvalue weighted by Gasteiger charge is -2.39. The minimum atomic E-state index is -1.19. The summed E-state index contributed by atoms with van der Waals surface area (Å²) in [5, 5.41) is 11.6. The molecule has 4 aliphatic heterocycles. The van der Waals surface area contributed by atoms with Crippen LogP contribution in [-0.4, -0.2) is 96.3 Å². The Morgan fingerprint density at radius 3 is 2.17 bits per heavy atom. The zero-order valence-corrected chi connectivity index (χ0v) is 36.3. The molecule has 5 fully saturated rings. The molecule has 0 radical (unpaired) electrons. The number of likely N-dealkylation sites (tertiary alicyclic amines) is 2. The number of fused-ring (bicyclic) bond motifs is 3. The highest BCUT2D eigenvalue weighted by Gasteiger charge is 2.56. The Hall–Kier alpha value is -6.52. The van der Waals surface area contributed by atoms with Crippen LogP contribution in [-0.2, 0) is 19.2 Å². The number of halogens is 3. The van der Waals surface area contributed by atoms with Gasteiger partial charge in [0.25, 0.3) is 0 Å². The van der Waals surface area contributed by atoms with Crippen LogP contribution in [0.4, 0.5) is 35.9 Å². The normalized spacial score (nSPS) is 21.7. The van der Waals surface area contributed by atoms with E-state index in [1.807, 2.05) is 0 Å². The fourth-order valence-corrected chi connectivity index (χ4v) is 10.2. The summed E-state index contributed by atoms with van der Waals surface area (Å²) >= 11 is 0. The number of amides is 4. The molecule has 13 nitrogen and oxygen atoms in total. The van der Waals surface area contributed by atoms with Gasteiger partial charge in [0, 0.05) is 87.3 Å². The minimum absolute atomic E-state index is 0.252. The van der Waals surface area contributed by atoms with Crippen LogP contribution in [0.25, 0.3) is 10.9 Å². The summed E-state index contributed by atoms with van der Waals surface area (Å²) in [5.74, 6) is -1.76. The Morgan fingerprint density at radius 2 is 1.50 bits per heavy atom. The topological polar surface area (TPSA) is 148 Å². The standard InChI is InChI=1S/C50H51F3N8O5/c51-32-2-4-33(5-3-32)56-48(64)50(16-17-50)49(65)57-34-6-8-37(9-7-34)66-45-13-18-54-43-26-44(41(53)25-39(43)45)59-20-14-30(15-21-59)27-61-29-35-24-36(61)28-60(35)22-19-55-42-11-1-31(23-40(42)52)38-10-12-46(62)58-47(38)63/h1-9,11,13,18,23,25-26,30,35-36,38,55H,10,12,14-17,19-22,24,27-29H2,(H,56,64)(H,57,65)(H,58,62,63)/t35-,36-,38?/m0/s1. The Bertz CT molecular complexity index is 2670. The molecule has 4 N–H and O–H groups in total. The number of anilines is 4. The fraction of sp³-hybridized carbons (Fsp3) is 0.380. The van der Waals surface area contributed by atoms with Crippen molar-refractivity contribution in [3.05, 3.63) is 114 Å². The fourth-order valence-electron chi connectivity index (χ4n) is 10.2. The lowest BCUT2D eigenvalue weighted by atomic mass is 9.90. The van der Waals surface area contributed by atoms with Crippen molar-refractivity contribution >= 4 is 57.3 Å². The van der Waals surface area contributed by atoms with Crippen LogP contribution >= 0.6 is 0 Å². The van der Waals surface area contributed by atoms with Crippen molar-refractivity contribution < 1.29 is 37.1 Å². The van der Waals surface area contributed by atoms with Crippen molar-refractivity contribution in [3.63, 3.8) is 0 Å². The number of imide groups is 1. The number of aromatic nitrogens is 1. The van der Waals surface area contributed by atoms with Crippen molar-refractivity contribution in [3.8, 4) is 11.5 Å². The first-order valence-electron chi connectivity index (χ1n) is 22.8. The van der Waals surface area contributed by atoms with Crippen molar-refractivity contribution in [2.24, 2.45) is 11.3 Å². The maximum absolute atomic E-state index is 15.9. The monoisotopic (exact) mass is 900 g/mol. The molecule has 10 rings (SSSR count). The third-order valence-electron chi connectivity index (χ3n) is 14.1. The molecule has 342 valence electrons. The zero-order chi connectivity index (χ0) is 45.5. The van der Waals surface area contributed by atoms with Crippen LogP contribution in [0.5, 0.6) is 11.5 Å². The minimum Gasteiger partial charge on any atom is -0.457 e. The zero-order valence-electron chi connectivity index (χ0n) is 36.3. The molecule has 5 aromatic rings. The van der Waals surface area contributed by atoms with Gasteiger partial charge >= 0.3 is 0 Å². The first kappa shape index (κ1) is 43.4. The van der Waals surface area contributed by atoms with Crippen LogP contribution in [0.1, 0.15) is 56.4 Å². The number of piperidine rings is 2. The van der Waals surface area contributed by atoms with Gasteiger partial charge in [-0.25, -0.2) is 13.2 Å². The number of rotatable bonds is 14. The van der Waals surface area contributed by atoms with Crippen LogP contribution in [0.2, 0.25) is 0 Å². The van der Waals surface area contributed by atoms with Gasteiger partial charge in [-0.05, 0) is 129 Å². The highest BCUT2D eigenvalue weighted by Crippen LogP contribution is 2.48. The number of nitrogens with zero attached hydrogens (tertiary/aromatic N) is 4. The molecule has 5 aliphatic rings. The number of nitrogens with one attached hydrogen (secondary N) is 4. The molecule has 66 heavy (non-hydrogen) atoms. The number of benzene rings is 4. The molecule has 1 unspecified atom stereocenters. The number of hydrogen-bond donors (Lipinski definition) is 4. The van der Waals surface area contributed by atoms with Crippen LogP contribution in [0.15, 0.2) is 91.1 Å². The van der Waals surface area contributed by atoms with Gasteiger partial charge in [-0.2, -0.15) is 0 Å². The molecular weight excluding hydrogens is 850 g/mol. The molecule has 3 atom stereocenters. The summed E-state index contributed by atoms with van der Waals surface area (Å²) in [6.45, 7) is 5.93. The van der Waals surface area contributed by atoms with E-state index in [9.17, 15) is 28.0 Å². The predicted octanol–water partition coefficient (Wildman–Crippen LogP) is 7.41. The van der Waals surface area contributed by atoms with E-state index in [2.05, 4.69) is 41.0 Å². The maximum atomic E-state index is 15.9. The number of piperazine rings is 1. The Balaban J connectivity index is 0.678. The molecule has 1 aliphatic carbocycles. The van der Waals surface area contributed by atoms with Crippen molar-refractivity contribution in [2.75, 3.05) is 66.7 Å². The summed E-state index contributed by atoms with van der Waals surface area (Å²) in [6, 6.07) is 22.9. The van der Waals surface area contributed by atoms with Gasteiger partial charge < -0.3 is 25.6 Å². The van der Waals surface area contributed by atoms with E-state index in [0.29, 0.717) is 94.5 Å². The van der Waals surface area contributed by atoms with Gasteiger partial charge in [0.2, 0.25) is 23.6 Å². The third kappa shape index (κ3) is 9.03. The highest BCUT2D eigenvalue weighted by atomic mass is 19.1. The Labute approximate surface area is 380 Å². The van der Waals surface area contributed by atoms with Crippen LogP contribution in [0, 0.1) is 28.8 Å². The molecule has 4 amide bonds. The van der Waals surface area contributed by atoms with Gasteiger partial charge in [0.15, 0.2) is 0 Å². The largest absolute Gasteiger partial charge is 0.457 e. The smallest absolute Gasteiger partial charge is 0.240 e. The molecular formula is C50H51F3N8O5. The van der Waals surface area contributed by atoms with E-state index in [0.717, 1.165) is 58.5 Å². The third-order valence-corrected chi connectivity index (χ3v) is 14.1. The number of pyridine rings is 1. The summed E-state index contributed by atoms with van der Waals surface area (Å²) in [6.07, 6.45) is 6.14. The molecule has 4 saturated heterocycles. The summed E-state index contributed by atoms with van der Waals surface area (Å²) in [5.41, 5.74) is 1.84. The summed E-state index contributed by atoms with van der Waals surface area (Å²) < 4.78 is 50.4. The Kier molecular flexibility index (Phi) is 11.9. The van der Waals surface area contributed by atoms with Gasteiger partial charge in [0.1, 0.15) is 34.4 Å². The van der Waals surface area contributed by atoms with Crippen LogP contribution < -0.4 is 30.9 Å². The number of carbonyl (C=O) groups is 4. The van der Waals surface area contributed by atoms with Crippen LogP contribution in [0.3, 0.4) is 0 Å². The predicted molar refractivity (Wildman–Crippen MR) is 244 cm³/mol. The first-order valence-corrected chi connectivity index (χ1v) is 22.8. The van der Waals surface area contributed by atoms with Gasteiger partial charge in [0.05, 0.1) is 22.8 Å². The van der Waals surface area contributed by atoms with E-state index in [4.69, 9.17) is 4.74 Å². The van der Waals surface area contributed by atoms with Crippen molar-refractivity contribution in [1.29, 1.82) is 0 Å². The van der Waals surface area contributed by atoms with Gasteiger partial charge in [-0.15, -0.1) is 0 Å². The van der Waals surface area contributed by atoms with E-state index in [1.54, 1.807) is 54.7 Å². The lowest BCUT2D eigenvalue weighted by molar-refractivity contribution is -0.134. The molecule has 0 spiro atoms. The second-order valence-corrected chi connectivity index (χ2v) is 18.3. The highest BCUT2D eigenvalue weighted by molar-refractivity contribution is 6.17. The van der Waals surface area contributed by atoms with Gasteiger partial charge in [-0.3, -0.25) is 39.3 Å². The molecule has 2 bridgehead atoms. The average molecular weight is 901 g/mol. The van der Waals surface area contributed by atoms with E-state index >= 15 is 4.39 Å². The molecule has 16 heteroatoms. The first-order chi connectivity index (χ1) is 32.0. The number of carbonyl (C=O) groups excluding carboxylic acids is 4. The lowest BCUT2D eigenvalue weighted by Crippen LogP contribution is -2.49. The second kappa shape index (κ2) is 18.0. The van der Waals surface area contributed by atoms with Gasteiger partial charge in [-0.1, -0.05) is 6.07 Å². The number of hydrogen-bond acceptors (Lipinski definition) is 10. The second-order valence-electron chi connectivity index (χ2n) is 18.3.